The van der Waals surface area contributed by atoms with Crippen LogP contribution in [0.2, 0.25) is 0 Å². The molecule has 1 heterocycles. The van der Waals surface area contributed by atoms with E-state index in [0.717, 1.165) is 0 Å². The number of primary amides is 1. The Morgan fingerprint density at radius 2 is 1.96 bits per heavy atom. The minimum absolute atomic E-state index is 0.0541. The molecule has 0 aliphatic heterocycles. The van der Waals surface area contributed by atoms with Crippen LogP contribution in [0.15, 0.2) is 4.52 Å². The van der Waals surface area contributed by atoms with Crippen LogP contribution in [0.25, 0.3) is 0 Å². The first-order valence-electron chi connectivity index (χ1n) is 7.11. The molecule has 0 spiro atoms. The summed E-state index contributed by atoms with van der Waals surface area (Å²) in [6.07, 6.45) is -1.79. The van der Waals surface area contributed by atoms with Crippen LogP contribution in [-0.4, -0.2) is 62.1 Å². The molecule has 0 aliphatic carbocycles. The molecule has 0 saturated heterocycles. The van der Waals surface area contributed by atoms with Crippen molar-refractivity contribution in [2.75, 3.05) is 6.61 Å². The first-order chi connectivity index (χ1) is 11.6. The SMILES string of the molecule is CC(O)C(NC(=O)N[C@@H](CC(N)=O)c1nc([C@@H](N)CO)no1)C(=O)O. The number of urea groups is 1. The normalized spacial score (nSPS) is 15.7. The van der Waals surface area contributed by atoms with Crippen LogP contribution >= 0.6 is 0 Å². The number of carboxylic acids is 1. The second-order valence-corrected chi connectivity index (χ2v) is 5.18. The largest absolute Gasteiger partial charge is 0.480 e. The quantitative estimate of drug-likeness (QED) is 0.238. The van der Waals surface area contributed by atoms with Gasteiger partial charge in [-0.2, -0.15) is 4.98 Å². The standard InChI is InChI=1S/C12H20N6O7/c1-4(20)8(11(22)23)16-12(24)15-6(2-7(14)21)10-17-9(18-25-10)5(13)3-19/h4-6,8,19-20H,2-3,13H2,1H3,(H2,14,21)(H,22,23)(H2,15,16,24)/t4?,5-,6-,8?/m0/s1. The summed E-state index contributed by atoms with van der Waals surface area (Å²) in [7, 11) is 0. The van der Waals surface area contributed by atoms with Gasteiger partial charge in [-0.15, -0.1) is 0 Å². The molecule has 0 fully saturated rings. The summed E-state index contributed by atoms with van der Waals surface area (Å²) in [5.41, 5.74) is 10.6. The zero-order valence-electron chi connectivity index (χ0n) is 13.2. The van der Waals surface area contributed by atoms with E-state index in [1.165, 1.54) is 6.92 Å². The van der Waals surface area contributed by atoms with Gasteiger partial charge in [-0.25, -0.2) is 9.59 Å². The zero-order chi connectivity index (χ0) is 19.1. The molecular weight excluding hydrogens is 340 g/mol. The molecule has 0 aliphatic rings. The molecule has 4 atom stereocenters. The van der Waals surface area contributed by atoms with Crippen molar-refractivity contribution in [2.24, 2.45) is 11.5 Å². The van der Waals surface area contributed by atoms with Crippen molar-refractivity contribution in [3.63, 3.8) is 0 Å². The molecule has 140 valence electrons. The highest BCUT2D eigenvalue weighted by Crippen LogP contribution is 2.16. The van der Waals surface area contributed by atoms with Gasteiger partial charge in [-0.3, -0.25) is 4.79 Å². The molecule has 13 nitrogen and oxygen atoms in total. The van der Waals surface area contributed by atoms with E-state index >= 15 is 0 Å². The van der Waals surface area contributed by atoms with E-state index < -0.39 is 55.2 Å². The number of aliphatic hydroxyl groups excluding tert-OH is 2. The molecule has 3 amide bonds. The Morgan fingerprint density at radius 3 is 2.44 bits per heavy atom. The van der Waals surface area contributed by atoms with E-state index in [4.69, 9.17) is 26.2 Å². The highest BCUT2D eigenvalue weighted by molar-refractivity contribution is 5.83. The van der Waals surface area contributed by atoms with Crippen LogP contribution < -0.4 is 22.1 Å². The van der Waals surface area contributed by atoms with Crippen LogP contribution in [0.3, 0.4) is 0 Å². The Balaban J connectivity index is 2.89. The number of nitrogens with zero attached hydrogens (tertiary/aromatic N) is 2. The summed E-state index contributed by atoms with van der Waals surface area (Å²) in [6, 6.07) is -4.67. The van der Waals surface area contributed by atoms with Crippen molar-refractivity contribution < 1.29 is 34.2 Å². The molecule has 1 aromatic rings. The minimum Gasteiger partial charge on any atom is -0.480 e. The number of carbonyl (C=O) groups is 3. The Morgan fingerprint density at radius 1 is 1.32 bits per heavy atom. The van der Waals surface area contributed by atoms with Gasteiger partial charge in [0.15, 0.2) is 11.9 Å². The summed E-state index contributed by atoms with van der Waals surface area (Å²) in [6.45, 7) is 0.725. The van der Waals surface area contributed by atoms with E-state index in [1.54, 1.807) is 0 Å². The highest BCUT2D eigenvalue weighted by atomic mass is 16.5. The lowest BCUT2D eigenvalue weighted by molar-refractivity contribution is -0.141. The van der Waals surface area contributed by atoms with E-state index in [2.05, 4.69) is 15.5 Å². The van der Waals surface area contributed by atoms with Crippen LogP contribution in [0, 0.1) is 0 Å². The van der Waals surface area contributed by atoms with E-state index in [9.17, 15) is 19.5 Å². The number of hydrogen-bond donors (Lipinski definition) is 7. The summed E-state index contributed by atoms with van der Waals surface area (Å²) in [4.78, 5) is 37.9. The first-order valence-corrected chi connectivity index (χ1v) is 7.11. The summed E-state index contributed by atoms with van der Waals surface area (Å²) < 4.78 is 4.88. The van der Waals surface area contributed by atoms with Gasteiger partial charge in [0.2, 0.25) is 11.8 Å². The Bertz CT molecular complexity index is 619. The van der Waals surface area contributed by atoms with Gasteiger partial charge in [-0.1, -0.05) is 5.16 Å². The fourth-order valence-electron chi connectivity index (χ4n) is 1.75. The van der Waals surface area contributed by atoms with Gasteiger partial charge in [0.05, 0.1) is 25.2 Å². The predicted octanol–water partition coefficient (Wildman–Crippen LogP) is -2.89. The third-order valence-electron chi connectivity index (χ3n) is 3.03. The van der Waals surface area contributed by atoms with Gasteiger partial charge in [-0.05, 0) is 6.92 Å². The Labute approximate surface area is 141 Å². The van der Waals surface area contributed by atoms with E-state index in [0.29, 0.717) is 0 Å². The van der Waals surface area contributed by atoms with Crippen molar-refractivity contribution in [1.82, 2.24) is 20.8 Å². The number of nitrogens with one attached hydrogen (secondary N) is 2. The third kappa shape index (κ3) is 5.98. The fraction of sp³-hybridized carbons (Fsp3) is 0.583. The highest BCUT2D eigenvalue weighted by Gasteiger charge is 2.29. The van der Waals surface area contributed by atoms with Crippen molar-refractivity contribution in [1.29, 1.82) is 0 Å². The van der Waals surface area contributed by atoms with Crippen molar-refractivity contribution in [2.45, 2.75) is 37.6 Å². The number of amides is 3. The van der Waals surface area contributed by atoms with Crippen molar-refractivity contribution >= 4 is 17.9 Å². The summed E-state index contributed by atoms with van der Waals surface area (Å²) >= 11 is 0. The van der Waals surface area contributed by atoms with Crippen LogP contribution in [-0.2, 0) is 9.59 Å². The maximum Gasteiger partial charge on any atom is 0.328 e. The number of aliphatic hydroxyl groups is 2. The maximum absolute atomic E-state index is 11.9. The molecule has 1 aromatic heterocycles. The Kier molecular flexibility index (Phi) is 7.22. The fourth-order valence-corrected chi connectivity index (χ4v) is 1.75. The molecule has 1 rings (SSSR count). The number of carboxylic acid groups (broad SMARTS) is 1. The van der Waals surface area contributed by atoms with E-state index in [1.807, 2.05) is 5.32 Å². The van der Waals surface area contributed by atoms with E-state index in [-0.39, 0.29) is 11.7 Å². The topological polar surface area (TPSA) is 227 Å². The lowest BCUT2D eigenvalue weighted by Gasteiger charge is -2.19. The van der Waals surface area contributed by atoms with Gasteiger partial charge in [0, 0.05) is 0 Å². The average Bonchev–Trinajstić information content (AvgIpc) is 3.00. The van der Waals surface area contributed by atoms with Gasteiger partial charge >= 0.3 is 12.0 Å². The number of aromatic nitrogens is 2. The lowest BCUT2D eigenvalue weighted by Crippen LogP contribution is -2.52. The first kappa shape index (κ1) is 20.3. The average molecular weight is 360 g/mol. The second kappa shape index (κ2) is 8.91. The Hall–Kier alpha value is -2.77. The molecule has 0 aromatic carbocycles. The molecule has 2 unspecified atom stereocenters. The van der Waals surface area contributed by atoms with Crippen molar-refractivity contribution in [3.8, 4) is 0 Å². The third-order valence-corrected chi connectivity index (χ3v) is 3.03. The molecule has 25 heavy (non-hydrogen) atoms. The molecule has 13 heteroatoms. The second-order valence-electron chi connectivity index (χ2n) is 5.18. The number of nitrogens with two attached hydrogens (primary N) is 2. The number of rotatable bonds is 9. The van der Waals surface area contributed by atoms with Crippen LogP contribution in [0.5, 0.6) is 0 Å². The summed E-state index contributed by atoms with van der Waals surface area (Å²) in [5.74, 6) is -2.52. The van der Waals surface area contributed by atoms with Gasteiger partial charge in [0.25, 0.3) is 0 Å². The smallest absolute Gasteiger partial charge is 0.328 e. The molecule has 0 radical (unpaired) electrons. The number of carbonyl (C=O) groups excluding carboxylic acids is 2. The van der Waals surface area contributed by atoms with Gasteiger partial charge < -0.3 is 41.9 Å². The number of aliphatic carboxylic acids is 1. The van der Waals surface area contributed by atoms with Crippen LogP contribution in [0.4, 0.5) is 4.79 Å². The van der Waals surface area contributed by atoms with Gasteiger partial charge in [0.1, 0.15) is 6.04 Å². The number of hydrogen-bond acceptors (Lipinski definition) is 9. The van der Waals surface area contributed by atoms with Crippen molar-refractivity contribution in [3.05, 3.63) is 11.7 Å². The maximum atomic E-state index is 11.9. The molecule has 9 N–H and O–H groups in total. The predicted molar refractivity (Wildman–Crippen MR) is 79.6 cm³/mol. The summed E-state index contributed by atoms with van der Waals surface area (Å²) in [5, 5.41) is 35.0. The zero-order valence-corrected chi connectivity index (χ0v) is 13.2. The molecule has 0 saturated carbocycles. The minimum atomic E-state index is -1.57. The van der Waals surface area contributed by atoms with Crippen LogP contribution in [0.1, 0.15) is 37.1 Å². The lowest BCUT2D eigenvalue weighted by atomic mass is 10.2. The molecular formula is C12H20N6O7. The monoisotopic (exact) mass is 360 g/mol. The molecule has 0 bridgehead atoms.